The summed E-state index contributed by atoms with van der Waals surface area (Å²) < 4.78 is 0. The van der Waals surface area contributed by atoms with Gasteiger partial charge in [0, 0.05) is 31.4 Å². The van der Waals surface area contributed by atoms with E-state index >= 15 is 0 Å². The van der Waals surface area contributed by atoms with Gasteiger partial charge in [0.1, 0.15) is 0 Å². The predicted molar refractivity (Wildman–Crippen MR) is 145 cm³/mol. The Kier molecular flexibility index (Phi) is 10.8. The Balaban J connectivity index is 1.65. The molecule has 1 amide bonds. The van der Waals surface area contributed by atoms with Gasteiger partial charge >= 0.3 is 0 Å². The molecule has 1 aliphatic heterocycles. The van der Waals surface area contributed by atoms with Gasteiger partial charge < -0.3 is 15.5 Å². The summed E-state index contributed by atoms with van der Waals surface area (Å²) in [4.78, 5) is 17.7. The van der Waals surface area contributed by atoms with E-state index in [1.165, 1.54) is 62.6 Å². The largest absolute Gasteiger partial charge is 0.367 e. The topological polar surface area (TPSA) is 49.6 Å². The maximum atomic E-state index is 13.0. The first kappa shape index (κ1) is 27.0. The van der Waals surface area contributed by atoms with Crippen molar-refractivity contribution in [3.63, 3.8) is 0 Å². The molecule has 0 spiro atoms. The lowest BCUT2D eigenvalue weighted by molar-refractivity contribution is -0.134. The van der Waals surface area contributed by atoms with E-state index in [0.717, 1.165) is 44.8 Å². The van der Waals surface area contributed by atoms with Crippen molar-refractivity contribution >= 4 is 11.6 Å². The van der Waals surface area contributed by atoms with Crippen molar-refractivity contribution in [2.24, 2.45) is 23.5 Å². The van der Waals surface area contributed by atoms with Crippen LogP contribution in [-0.2, 0) is 11.2 Å². The van der Waals surface area contributed by atoms with Gasteiger partial charge in [-0.3, -0.25) is 4.79 Å². The highest BCUT2D eigenvalue weighted by Gasteiger charge is 2.30. The fourth-order valence-electron chi connectivity index (χ4n) is 5.87. The maximum absolute atomic E-state index is 13.0. The highest BCUT2D eigenvalue weighted by Crippen LogP contribution is 2.29. The zero-order valence-corrected chi connectivity index (χ0v) is 22.5. The molecule has 1 aliphatic carbocycles. The van der Waals surface area contributed by atoms with Gasteiger partial charge in [0.15, 0.2) is 0 Å². The third-order valence-electron chi connectivity index (χ3n) is 7.97. The molecule has 0 aromatic heterocycles. The molecule has 2 atom stereocenters. The molecule has 1 aromatic rings. The normalized spacial score (nSPS) is 20.7. The summed E-state index contributed by atoms with van der Waals surface area (Å²) >= 11 is 0. The van der Waals surface area contributed by atoms with E-state index in [4.69, 9.17) is 5.73 Å². The van der Waals surface area contributed by atoms with E-state index < -0.39 is 0 Å². The van der Waals surface area contributed by atoms with Gasteiger partial charge in [-0.05, 0) is 74.0 Å². The average molecular weight is 470 g/mol. The smallest absolute Gasteiger partial charge is 0.239 e. The minimum Gasteiger partial charge on any atom is -0.367 e. The summed E-state index contributed by atoms with van der Waals surface area (Å²) in [7, 11) is 0. The molecule has 34 heavy (non-hydrogen) atoms. The van der Waals surface area contributed by atoms with E-state index in [9.17, 15) is 4.79 Å². The molecule has 0 radical (unpaired) electrons. The van der Waals surface area contributed by atoms with Crippen molar-refractivity contribution in [1.82, 2.24) is 4.90 Å². The van der Waals surface area contributed by atoms with Crippen LogP contribution in [0.4, 0.5) is 5.69 Å². The summed E-state index contributed by atoms with van der Waals surface area (Å²) in [6, 6.07) is 9.38. The van der Waals surface area contributed by atoms with E-state index in [0.29, 0.717) is 17.9 Å². The highest BCUT2D eigenvalue weighted by molar-refractivity contribution is 5.81. The van der Waals surface area contributed by atoms with Gasteiger partial charge in [-0.2, -0.15) is 0 Å². The van der Waals surface area contributed by atoms with Crippen molar-refractivity contribution in [1.29, 1.82) is 0 Å². The van der Waals surface area contributed by atoms with E-state index in [2.05, 4.69) is 56.9 Å². The number of anilines is 1. The Bertz CT molecular complexity index is 723. The van der Waals surface area contributed by atoms with Crippen LogP contribution in [0.2, 0.25) is 0 Å². The van der Waals surface area contributed by atoms with Gasteiger partial charge in [-0.1, -0.05) is 71.9 Å². The van der Waals surface area contributed by atoms with Crippen LogP contribution in [0.25, 0.3) is 0 Å². The second kappa shape index (κ2) is 13.5. The first-order valence-corrected chi connectivity index (χ1v) is 14.2. The molecule has 4 nitrogen and oxygen atoms in total. The van der Waals surface area contributed by atoms with Crippen LogP contribution in [-0.4, -0.2) is 42.5 Å². The number of hydrogen-bond donors (Lipinski definition) is 1. The van der Waals surface area contributed by atoms with Crippen LogP contribution < -0.4 is 10.6 Å². The molecule has 0 bridgehead atoms. The Hall–Kier alpha value is -1.55. The molecule has 1 heterocycles. The van der Waals surface area contributed by atoms with Gasteiger partial charge in [0.2, 0.25) is 5.91 Å². The SMILES string of the molecule is CC(C)CCN(c1ccc(CCC2CCCCC2)cc1)C1CCCN(C(=O)C(N)CC(C)C)C1. The Labute approximate surface area is 209 Å². The molecular weight excluding hydrogens is 418 g/mol. The molecule has 2 N–H and O–H groups in total. The van der Waals surface area contributed by atoms with Crippen LogP contribution in [0.1, 0.15) is 97.5 Å². The molecule has 1 aromatic carbocycles. The number of likely N-dealkylation sites (tertiary alicyclic amines) is 1. The van der Waals surface area contributed by atoms with Gasteiger partial charge in [-0.25, -0.2) is 0 Å². The van der Waals surface area contributed by atoms with Crippen LogP contribution >= 0.6 is 0 Å². The first-order valence-electron chi connectivity index (χ1n) is 14.2. The van der Waals surface area contributed by atoms with Crippen molar-refractivity contribution in [3.8, 4) is 0 Å². The number of rotatable bonds is 11. The standard InChI is InChI=1S/C30H51N3O/c1-23(2)18-20-33(28-11-8-19-32(22-28)30(34)29(31)21-24(3)4)27-16-14-26(15-17-27)13-12-25-9-6-5-7-10-25/h14-17,23-25,28-29H,5-13,18-22,31H2,1-4H3. The minimum absolute atomic E-state index is 0.139. The summed E-state index contributed by atoms with van der Waals surface area (Å²) in [6.45, 7) is 11.6. The molecule has 2 aliphatic rings. The first-order chi connectivity index (χ1) is 16.3. The van der Waals surface area contributed by atoms with Crippen LogP contribution in [0.5, 0.6) is 0 Å². The number of benzene rings is 1. The van der Waals surface area contributed by atoms with Crippen molar-refractivity contribution in [2.75, 3.05) is 24.5 Å². The second-order valence-corrected chi connectivity index (χ2v) is 11.9. The molecule has 4 heteroatoms. The fourth-order valence-corrected chi connectivity index (χ4v) is 5.87. The monoisotopic (exact) mass is 469 g/mol. The number of carbonyl (C=O) groups is 1. The molecule has 3 rings (SSSR count). The number of hydrogen-bond acceptors (Lipinski definition) is 3. The zero-order chi connectivity index (χ0) is 24.5. The fraction of sp³-hybridized carbons (Fsp3) is 0.767. The minimum atomic E-state index is -0.369. The number of carbonyl (C=O) groups excluding carboxylic acids is 1. The Morgan fingerprint density at radius 3 is 2.35 bits per heavy atom. The van der Waals surface area contributed by atoms with Crippen molar-refractivity contribution in [3.05, 3.63) is 29.8 Å². The summed E-state index contributed by atoms with van der Waals surface area (Å²) in [5, 5.41) is 0. The Morgan fingerprint density at radius 1 is 1.00 bits per heavy atom. The predicted octanol–water partition coefficient (Wildman–Crippen LogP) is 6.42. The van der Waals surface area contributed by atoms with Gasteiger partial charge in [-0.15, -0.1) is 0 Å². The van der Waals surface area contributed by atoms with E-state index in [1.807, 2.05) is 4.90 Å². The number of nitrogens with two attached hydrogens (primary N) is 1. The molecule has 192 valence electrons. The maximum Gasteiger partial charge on any atom is 0.239 e. The Morgan fingerprint density at radius 2 is 1.71 bits per heavy atom. The third kappa shape index (κ3) is 8.29. The quantitative estimate of drug-likeness (QED) is 0.407. The van der Waals surface area contributed by atoms with Gasteiger partial charge in [0.05, 0.1) is 6.04 Å². The molecule has 2 fully saturated rings. The lowest BCUT2D eigenvalue weighted by Gasteiger charge is -2.41. The highest BCUT2D eigenvalue weighted by atomic mass is 16.2. The lowest BCUT2D eigenvalue weighted by Crippen LogP contribution is -2.54. The number of amides is 1. The number of nitrogens with zero attached hydrogens (tertiary/aromatic N) is 2. The number of piperidine rings is 1. The summed E-state index contributed by atoms with van der Waals surface area (Å²) in [6.07, 6.45) is 13.8. The van der Waals surface area contributed by atoms with Crippen LogP contribution in [0, 0.1) is 17.8 Å². The lowest BCUT2D eigenvalue weighted by atomic mass is 9.85. The summed E-state index contributed by atoms with van der Waals surface area (Å²) in [5.41, 5.74) is 9.06. The zero-order valence-electron chi connectivity index (χ0n) is 22.5. The molecular formula is C30H51N3O. The average Bonchev–Trinajstić information content (AvgIpc) is 2.83. The molecule has 1 saturated carbocycles. The second-order valence-electron chi connectivity index (χ2n) is 11.9. The number of aryl methyl sites for hydroxylation is 1. The van der Waals surface area contributed by atoms with E-state index in [1.54, 1.807) is 0 Å². The van der Waals surface area contributed by atoms with Crippen LogP contribution in [0.15, 0.2) is 24.3 Å². The van der Waals surface area contributed by atoms with Crippen LogP contribution in [0.3, 0.4) is 0 Å². The van der Waals surface area contributed by atoms with E-state index in [-0.39, 0.29) is 11.9 Å². The van der Waals surface area contributed by atoms with Crippen molar-refractivity contribution in [2.45, 2.75) is 110 Å². The third-order valence-corrected chi connectivity index (χ3v) is 7.97. The van der Waals surface area contributed by atoms with Crippen molar-refractivity contribution < 1.29 is 4.79 Å². The molecule has 1 saturated heterocycles. The molecule has 2 unspecified atom stereocenters. The van der Waals surface area contributed by atoms with Gasteiger partial charge in [0.25, 0.3) is 0 Å². The summed E-state index contributed by atoms with van der Waals surface area (Å²) in [5.74, 6) is 2.18.